The van der Waals surface area contributed by atoms with E-state index in [-0.39, 0.29) is 18.6 Å². The summed E-state index contributed by atoms with van der Waals surface area (Å²) in [4.78, 5) is 0. The Balaban J connectivity index is 1.88. The van der Waals surface area contributed by atoms with Crippen LogP contribution in [0.2, 0.25) is 0 Å². The molecule has 2 N–H and O–H groups in total. The molecule has 24 heavy (non-hydrogen) atoms. The van der Waals surface area contributed by atoms with Gasteiger partial charge >= 0.3 is 0 Å². The quantitative estimate of drug-likeness (QED) is 0.914. The van der Waals surface area contributed by atoms with E-state index in [1.807, 2.05) is 30.3 Å². The Morgan fingerprint density at radius 2 is 1.83 bits per heavy atom. The molecule has 0 aromatic heterocycles. The molecule has 1 atom stereocenters. The number of fused-ring (bicyclic) bond motifs is 2. The average molecular weight is 322 g/mol. The third kappa shape index (κ3) is 2.10. The minimum atomic E-state index is -0.334. The largest absolute Gasteiger partial charge is 0.497 e. The number of allylic oxidation sites excluding steroid dienone is 1. The molecule has 2 aliphatic rings. The molecule has 4 rings (SSSR count). The van der Waals surface area contributed by atoms with Gasteiger partial charge in [0.1, 0.15) is 23.1 Å². The molecule has 2 aromatic rings. The van der Waals surface area contributed by atoms with Gasteiger partial charge in [-0.15, -0.1) is 0 Å². The molecule has 2 heterocycles. The number of rotatable bonds is 2. The summed E-state index contributed by atoms with van der Waals surface area (Å²) in [5, 5.41) is 9.56. The van der Waals surface area contributed by atoms with Crippen molar-refractivity contribution in [3.05, 3.63) is 59.0 Å². The minimum Gasteiger partial charge on any atom is -0.497 e. The van der Waals surface area contributed by atoms with Gasteiger partial charge in [-0.3, -0.25) is 0 Å². The molecule has 0 fully saturated rings. The summed E-state index contributed by atoms with van der Waals surface area (Å²) in [6.45, 7) is 0.166. The SMILES string of the molecule is COc1ccc([C@@H]2C(C#N)=C(N)Oc3cc4c(cc32)OCO4)cc1. The van der Waals surface area contributed by atoms with Crippen molar-refractivity contribution in [1.82, 2.24) is 0 Å². The van der Waals surface area contributed by atoms with Crippen molar-refractivity contribution >= 4 is 0 Å². The van der Waals surface area contributed by atoms with Crippen molar-refractivity contribution in [3.63, 3.8) is 0 Å². The van der Waals surface area contributed by atoms with Crippen LogP contribution in [0.5, 0.6) is 23.0 Å². The molecule has 0 saturated heterocycles. The van der Waals surface area contributed by atoms with Crippen molar-refractivity contribution in [1.29, 1.82) is 5.26 Å². The molecule has 0 amide bonds. The summed E-state index contributed by atoms with van der Waals surface area (Å²) in [5.41, 5.74) is 8.07. The molecule has 120 valence electrons. The topological polar surface area (TPSA) is 86.7 Å². The van der Waals surface area contributed by atoms with Crippen LogP contribution in [0.3, 0.4) is 0 Å². The first kappa shape index (κ1) is 14.3. The van der Waals surface area contributed by atoms with Gasteiger partial charge in [0.05, 0.1) is 13.0 Å². The maximum atomic E-state index is 9.56. The van der Waals surface area contributed by atoms with E-state index in [2.05, 4.69) is 6.07 Å². The number of nitrogens with zero attached hydrogens (tertiary/aromatic N) is 1. The van der Waals surface area contributed by atoms with Crippen LogP contribution in [0.4, 0.5) is 0 Å². The molecule has 0 bridgehead atoms. The Kier molecular flexibility index (Phi) is 3.21. The molecule has 6 heteroatoms. The predicted octanol–water partition coefficient (Wildman–Crippen LogP) is 2.64. The highest BCUT2D eigenvalue weighted by atomic mass is 16.7. The molecule has 0 radical (unpaired) electrons. The highest BCUT2D eigenvalue weighted by Crippen LogP contribution is 2.47. The zero-order valence-electron chi connectivity index (χ0n) is 12.9. The van der Waals surface area contributed by atoms with Crippen LogP contribution in [-0.2, 0) is 0 Å². The van der Waals surface area contributed by atoms with Gasteiger partial charge in [0.25, 0.3) is 0 Å². The van der Waals surface area contributed by atoms with E-state index in [0.717, 1.165) is 16.9 Å². The normalized spacial score (nSPS) is 17.8. The molecule has 6 nitrogen and oxygen atoms in total. The van der Waals surface area contributed by atoms with Crippen LogP contribution < -0.4 is 24.7 Å². The molecule has 0 spiro atoms. The van der Waals surface area contributed by atoms with Crippen LogP contribution in [0, 0.1) is 11.3 Å². The molecule has 2 aliphatic heterocycles. The zero-order chi connectivity index (χ0) is 16.7. The van der Waals surface area contributed by atoms with Crippen LogP contribution in [0.25, 0.3) is 0 Å². The first-order valence-electron chi connectivity index (χ1n) is 7.36. The van der Waals surface area contributed by atoms with E-state index < -0.39 is 0 Å². The third-order valence-corrected chi connectivity index (χ3v) is 4.16. The Morgan fingerprint density at radius 3 is 2.50 bits per heavy atom. The summed E-state index contributed by atoms with van der Waals surface area (Å²) in [6, 6.07) is 13.3. The van der Waals surface area contributed by atoms with Gasteiger partial charge in [-0.05, 0) is 23.8 Å². The highest BCUT2D eigenvalue weighted by molar-refractivity contribution is 5.61. The van der Waals surface area contributed by atoms with Crippen LogP contribution in [0.1, 0.15) is 17.0 Å². The summed E-state index contributed by atoms with van der Waals surface area (Å²) in [6.07, 6.45) is 0. The first-order valence-corrected chi connectivity index (χ1v) is 7.36. The summed E-state index contributed by atoms with van der Waals surface area (Å²) < 4.78 is 21.7. The van der Waals surface area contributed by atoms with Gasteiger partial charge in [0, 0.05) is 11.6 Å². The molecular weight excluding hydrogens is 308 g/mol. The van der Waals surface area contributed by atoms with Crippen LogP contribution >= 0.6 is 0 Å². The smallest absolute Gasteiger partial charge is 0.231 e. The number of methoxy groups -OCH3 is 1. The fraction of sp³-hybridized carbons (Fsp3) is 0.167. The van der Waals surface area contributed by atoms with E-state index in [1.165, 1.54) is 0 Å². The van der Waals surface area contributed by atoms with Crippen molar-refractivity contribution in [3.8, 4) is 29.1 Å². The molecule has 0 aliphatic carbocycles. The molecule has 0 unspecified atom stereocenters. The predicted molar refractivity (Wildman–Crippen MR) is 84.9 cm³/mol. The van der Waals surface area contributed by atoms with Gasteiger partial charge in [0.2, 0.25) is 12.7 Å². The van der Waals surface area contributed by atoms with Crippen LogP contribution in [0.15, 0.2) is 47.9 Å². The number of hydrogen-bond acceptors (Lipinski definition) is 6. The fourth-order valence-corrected chi connectivity index (χ4v) is 2.99. The molecule has 0 saturated carbocycles. The van der Waals surface area contributed by atoms with Gasteiger partial charge in [0.15, 0.2) is 11.5 Å². The van der Waals surface area contributed by atoms with E-state index in [0.29, 0.717) is 22.8 Å². The Labute approximate surface area is 138 Å². The van der Waals surface area contributed by atoms with E-state index in [4.69, 9.17) is 24.7 Å². The molecule has 2 aromatic carbocycles. The lowest BCUT2D eigenvalue weighted by molar-refractivity contribution is 0.174. The number of hydrogen-bond donors (Lipinski definition) is 1. The number of benzene rings is 2. The van der Waals surface area contributed by atoms with Crippen molar-refractivity contribution < 1.29 is 18.9 Å². The van der Waals surface area contributed by atoms with Crippen molar-refractivity contribution in [2.24, 2.45) is 5.73 Å². The lowest BCUT2D eigenvalue weighted by atomic mass is 9.83. The highest BCUT2D eigenvalue weighted by Gasteiger charge is 2.33. The minimum absolute atomic E-state index is 0.102. The Morgan fingerprint density at radius 1 is 1.12 bits per heavy atom. The average Bonchev–Trinajstić information content (AvgIpc) is 3.06. The number of nitriles is 1. The second-order valence-electron chi connectivity index (χ2n) is 5.44. The third-order valence-electron chi connectivity index (χ3n) is 4.16. The first-order chi connectivity index (χ1) is 11.7. The van der Waals surface area contributed by atoms with Gasteiger partial charge in [-0.2, -0.15) is 5.26 Å². The van der Waals surface area contributed by atoms with Crippen LogP contribution in [-0.4, -0.2) is 13.9 Å². The molecular formula is C18H14N2O4. The van der Waals surface area contributed by atoms with E-state index in [1.54, 1.807) is 13.2 Å². The maximum absolute atomic E-state index is 9.56. The zero-order valence-corrected chi connectivity index (χ0v) is 12.9. The lowest BCUT2D eigenvalue weighted by Crippen LogP contribution is -2.21. The fourth-order valence-electron chi connectivity index (χ4n) is 2.99. The summed E-state index contributed by atoms with van der Waals surface area (Å²) >= 11 is 0. The van der Waals surface area contributed by atoms with E-state index >= 15 is 0 Å². The van der Waals surface area contributed by atoms with Gasteiger partial charge in [-0.1, -0.05) is 12.1 Å². The van der Waals surface area contributed by atoms with E-state index in [9.17, 15) is 5.26 Å². The Bertz CT molecular complexity index is 881. The maximum Gasteiger partial charge on any atom is 0.231 e. The summed E-state index contributed by atoms with van der Waals surface area (Å²) in [7, 11) is 1.61. The second kappa shape index (κ2) is 5.39. The van der Waals surface area contributed by atoms with Gasteiger partial charge < -0.3 is 24.7 Å². The van der Waals surface area contributed by atoms with Gasteiger partial charge in [-0.25, -0.2) is 0 Å². The number of ether oxygens (including phenoxy) is 4. The second-order valence-corrected chi connectivity index (χ2v) is 5.44. The monoisotopic (exact) mass is 322 g/mol. The Hall–Kier alpha value is -3.33. The summed E-state index contributed by atoms with van der Waals surface area (Å²) in [5.74, 6) is 2.32. The lowest BCUT2D eigenvalue weighted by Gasteiger charge is -2.26. The number of nitrogens with two attached hydrogens (primary N) is 1. The van der Waals surface area contributed by atoms with Crippen molar-refractivity contribution in [2.45, 2.75) is 5.92 Å². The van der Waals surface area contributed by atoms with Crippen molar-refractivity contribution in [2.75, 3.05) is 13.9 Å². The standard InChI is InChI=1S/C18H14N2O4/c1-21-11-4-2-10(3-5-11)17-12-6-15-16(23-9-22-15)7-14(12)24-18(20)13(17)8-19/h2-7,17H,9,20H2,1H3/t17-/m0/s1.